The van der Waals surface area contributed by atoms with E-state index >= 15 is 0 Å². The van der Waals surface area contributed by atoms with Crippen molar-refractivity contribution < 1.29 is 4.79 Å². The van der Waals surface area contributed by atoms with Crippen LogP contribution in [0.2, 0.25) is 0 Å². The highest BCUT2D eigenvalue weighted by Gasteiger charge is 2.16. The van der Waals surface area contributed by atoms with Crippen LogP contribution in [0.25, 0.3) is 10.9 Å². The molecule has 0 fully saturated rings. The highest BCUT2D eigenvalue weighted by atomic mass is 16.1. The Balaban J connectivity index is 1.24. The number of unbranched alkanes of at least 4 members (excludes halogenated alkanes) is 3. The fourth-order valence-electron chi connectivity index (χ4n) is 4.37. The number of pyridine rings is 2. The second kappa shape index (κ2) is 10.9. The summed E-state index contributed by atoms with van der Waals surface area (Å²) in [5.74, 6) is -0.0416. The number of nitrogens with zero attached hydrogens (tertiary/aromatic N) is 2. The van der Waals surface area contributed by atoms with E-state index in [4.69, 9.17) is 4.98 Å². The van der Waals surface area contributed by atoms with Gasteiger partial charge in [-0.3, -0.25) is 14.8 Å². The molecular weight excluding hydrogens is 384 g/mol. The van der Waals surface area contributed by atoms with Crippen molar-refractivity contribution in [1.29, 1.82) is 0 Å². The van der Waals surface area contributed by atoms with Crippen LogP contribution in [0.3, 0.4) is 0 Å². The number of nitrogens with one attached hydrogen (secondary N) is 2. The standard InChI is InChI=1S/C26H32N4O/c31-26(20-11-10-16-27-19-20)29-18-9-2-1-8-17-28-25-21-12-4-3-5-14-23(21)30-24-15-7-6-13-22(24)25/h6-7,10-11,13,15-16,19H,1-5,8-9,12,14,17-18H2,(H,28,30)(H,29,31). The molecule has 4 rings (SSSR count). The number of rotatable bonds is 9. The number of anilines is 1. The zero-order valence-corrected chi connectivity index (χ0v) is 18.2. The van der Waals surface area contributed by atoms with E-state index < -0.39 is 0 Å². The largest absolute Gasteiger partial charge is 0.384 e. The van der Waals surface area contributed by atoms with E-state index in [0.717, 1.165) is 50.6 Å². The number of aryl methyl sites for hydroxylation is 1. The molecule has 0 spiro atoms. The number of hydrogen-bond acceptors (Lipinski definition) is 4. The van der Waals surface area contributed by atoms with Crippen molar-refractivity contribution in [3.63, 3.8) is 0 Å². The molecule has 1 aliphatic carbocycles. The molecule has 162 valence electrons. The number of hydrogen-bond donors (Lipinski definition) is 2. The first-order chi connectivity index (χ1) is 15.3. The van der Waals surface area contributed by atoms with Gasteiger partial charge in [0.1, 0.15) is 0 Å². The van der Waals surface area contributed by atoms with Crippen LogP contribution in [0.4, 0.5) is 5.69 Å². The third-order valence-electron chi connectivity index (χ3n) is 6.03. The summed E-state index contributed by atoms with van der Waals surface area (Å²) in [6, 6.07) is 12.1. The molecule has 0 bridgehead atoms. The van der Waals surface area contributed by atoms with Crippen LogP contribution in [0.1, 0.15) is 66.6 Å². The summed E-state index contributed by atoms with van der Waals surface area (Å²) in [6.07, 6.45) is 13.7. The average molecular weight is 417 g/mol. The number of amides is 1. The highest BCUT2D eigenvalue weighted by molar-refractivity contribution is 5.94. The predicted octanol–water partition coefficient (Wildman–Crippen LogP) is 5.30. The number of carbonyl (C=O) groups excluding carboxylic acids is 1. The summed E-state index contributed by atoms with van der Waals surface area (Å²) in [5, 5.41) is 7.98. The first-order valence-corrected chi connectivity index (χ1v) is 11.7. The summed E-state index contributed by atoms with van der Waals surface area (Å²) in [6.45, 7) is 1.69. The van der Waals surface area contributed by atoms with Crippen LogP contribution in [0, 0.1) is 0 Å². The number of carbonyl (C=O) groups is 1. The summed E-state index contributed by atoms with van der Waals surface area (Å²) >= 11 is 0. The van der Waals surface area contributed by atoms with Gasteiger partial charge in [0.15, 0.2) is 0 Å². The van der Waals surface area contributed by atoms with Gasteiger partial charge in [-0.15, -0.1) is 0 Å². The van der Waals surface area contributed by atoms with Crippen LogP contribution >= 0.6 is 0 Å². The van der Waals surface area contributed by atoms with Crippen LogP contribution in [0.5, 0.6) is 0 Å². The molecule has 5 nitrogen and oxygen atoms in total. The van der Waals surface area contributed by atoms with Gasteiger partial charge in [-0.05, 0) is 62.3 Å². The van der Waals surface area contributed by atoms with Gasteiger partial charge in [0.25, 0.3) is 5.91 Å². The molecule has 2 heterocycles. The molecular formula is C26H32N4O. The SMILES string of the molecule is O=C(NCCCCCCNc1c2c(nc3ccccc13)CCCCC2)c1cccnc1. The van der Waals surface area contributed by atoms with Crippen molar-refractivity contribution in [2.24, 2.45) is 0 Å². The first kappa shape index (κ1) is 21.3. The van der Waals surface area contributed by atoms with Crippen molar-refractivity contribution in [2.75, 3.05) is 18.4 Å². The van der Waals surface area contributed by atoms with Gasteiger partial charge >= 0.3 is 0 Å². The number of fused-ring (bicyclic) bond motifs is 2. The Morgan fingerprint density at radius 1 is 0.903 bits per heavy atom. The van der Waals surface area contributed by atoms with Crippen molar-refractivity contribution in [1.82, 2.24) is 15.3 Å². The third kappa shape index (κ3) is 5.60. The Kier molecular flexibility index (Phi) is 7.48. The Bertz CT molecular complexity index is 1000. The van der Waals surface area contributed by atoms with Crippen LogP contribution < -0.4 is 10.6 Å². The minimum absolute atomic E-state index is 0.0416. The van der Waals surface area contributed by atoms with Gasteiger partial charge in [-0.2, -0.15) is 0 Å². The molecule has 1 aliphatic rings. The second-order valence-corrected chi connectivity index (χ2v) is 8.33. The lowest BCUT2D eigenvalue weighted by Crippen LogP contribution is -2.24. The van der Waals surface area contributed by atoms with Gasteiger partial charge in [-0.1, -0.05) is 37.5 Å². The summed E-state index contributed by atoms with van der Waals surface area (Å²) in [7, 11) is 0. The summed E-state index contributed by atoms with van der Waals surface area (Å²) < 4.78 is 0. The summed E-state index contributed by atoms with van der Waals surface area (Å²) in [5.41, 5.74) is 5.77. The molecule has 1 amide bonds. The molecule has 2 aromatic heterocycles. The molecule has 0 atom stereocenters. The zero-order chi connectivity index (χ0) is 21.3. The minimum Gasteiger partial charge on any atom is -0.384 e. The molecule has 1 aromatic carbocycles. The number of benzene rings is 1. The predicted molar refractivity (Wildman–Crippen MR) is 127 cm³/mol. The van der Waals surface area contributed by atoms with E-state index in [1.807, 2.05) is 0 Å². The molecule has 3 aromatic rings. The van der Waals surface area contributed by atoms with E-state index in [9.17, 15) is 4.79 Å². The zero-order valence-electron chi connectivity index (χ0n) is 18.2. The fraction of sp³-hybridized carbons (Fsp3) is 0.423. The quantitative estimate of drug-likeness (QED) is 0.367. The van der Waals surface area contributed by atoms with Crippen molar-refractivity contribution in [3.8, 4) is 0 Å². The smallest absolute Gasteiger partial charge is 0.252 e. The monoisotopic (exact) mass is 416 g/mol. The molecule has 0 saturated carbocycles. The molecule has 0 aliphatic heterocycles. The lowest BCUT2D eigenvalue weighted by molar-refractivity contribution is 0.0952. The second-order valence-electron chi connectivity index (χ2n) is 8.33. The maximum absolute atomic E-state index is 12.0. The van der Waals surface area contributed by atoms with E-state index in [-0.39, 0.29) is 5.91 Å². The molecule has 0 saturated heterocycles. The molecule has 5 heteroatoms. The van der Waals surface area contributed by atoms with Crippen LogP contribution in [0.15, 0.2) is 48.8 Å². The Morgan fingerprint density at radius 2 is 1.74 bits per heavy atom. The van der Waals surface area contributed by atoms with Gasteiger partial charge < -0.3 is 10.6 Å². The Morgan fingerprint density at radius 3 is 2.61 bits per heavy atom. The van der Waals surface area contributed by atoms with Gasteiger partial charge in [0.05, 0.1) is 11.1 Å². The first-order valence-electron chi connectivity index (χ1n) is 11.7. The van der Waals surface area contributed by atoms with Crippen molar-refractivity contribution in [2.45, 2.75) is 57.8 Å². The van der Waals surface area contributed by atoms with Gasteiger partial charge in [0.2, 0.25) is 0 Å². The van der Waals surface area contributed by atoms with Crippen LogP contribution in [-0.4, -0.2) is 29.0 Å². The average Bonchev–Trinajstić information content (AvgIpc) is 3.06. The highest BCUT2D eigenvalue weighted by Crippen LogP contribution is 2.32. The van der Waals surface area contributed by atoms with Crippen molar-refractivity contribution in [3.05, 3.63) is 65.6 Å². The molecule has 31 heavy (non-hydrogen) atoms. The van der Waals surface area contributed by atoms with E-state index in [1.165, 1.54) is 41.6 Å². The lowest BCUT2D eigenvalue weighted by Gasteiger charge is -2.17. The number of aromatic nitrogens is 2. The van der Waals surface area contributed by atoms with Gasteiger partial charge in [0, 0.05) is 42.3 Å². The van der Waals surface area contributed by atoms with Gasteiger partial charge in [-0.25, -0.2) is 0 Å². The molecule has 0 radical (unpaired) electrons. The maximum atomic E-state index is 12.0. The van der Waals surface area contributed by atoms with Crippen LogP contribution in [-0.2, 0) is 12.8 Å². The summed E-state index contributed by atoms with van der Waals surface area (Å²) in [4.78, 5) is 21.0. The normalized spacial score (nSPS) is 13.4. The topological polar surface area (TPSA) is 66.9 Å². The number of para-hydroxylation sites is 1. The molecule has 2 N–H and O–H groups in total. The Labute approximate surface area is 184 Å². The molecule has 0 unspecified atom stereocenters. The van der Waals surface area contributed by atoms with E-state index in [2.05, 4.69) is 39.9 Å². The van der Waals surface area contributed by atoms with Crippen molar-refractivity contribution >= 4 is 22.5 Å². The fourth-order valence-corrected chi connectivity index (χ4v) is 4.37. The lowest BCUT2D eigenvalue weighted by atomic mass is 10.0. The minimum atomic E-state index is -0.0416. The Hall–Kier alpha value is -2.95. The maximum Gasteiger partial charge on any atom is 0.252 e. The van der Waals surface area contributed by atoms with E-state index in [1.54, 1.807) is 24.5 Å². The third-order valence-corrected chi connectivity index (χ3v) is 6.03. The van der Waals surface area contributed by atoms with E-state index in [0.29, 0.717) is 12.1 Å².